The molecule has 0 unspecified atom stereocenters. The van der Waals surface area contributed by atoms with Crippen molar-refractivity contribution in [1.29, 1.82) is 0 Å². The Kier molecular flexibility index (Phi) is 4.44. The molecule has 0 aliphatic carbocycles. The van der Waals surface area contributed by atoms with Gasteiger partial charge >= 0.3 is 0 Å². The van der Waals surface area contributed by atoms with Crippen LogP contribution in [0, 0.1) is 5.92 Å². The van der Waals surface area contributed by atoms with E-state index >= 15 is 0 Å². The average molecular weight is 353 g/mol. The summed E-state index contributed by atoms with van der Waals surface area (Å²) in [6, 6.07) is 9.64. The summed E-state index contributed by atoms with van der Waals surface area (Å²) in [6.07, 6.45) is 2.30. The van der Waals surface area contributed by atoms with Gasteiger partial charge in [0, 0.05) is 19.4 Å². The first-order valence-corrected chi connectivity index (χ1v) is 9.14. The maximum atomic E-state index is 12.8. The molecule has 3 heterocycles. The normalized spacial score (nSPS) is 19.8. The van der Waals surface area contributed by atoms with Gasteiger partial charge in [0.05, 0.1) is 6.04 Å². The van der Waals surface area contributed by atoms with Gasteiger partial charge in [-0.3, -0.25) is 4.79 Å². The first kappa shape index (κ1) is 16.8. The van der Waals surface area contributed by atoms with E-state index in [1.165, 1.54) is 0 Å². The zero-order chi connectivity index (χ0) is 18.1. The van der Waals surface area contributed by atoms with Crippen molar-refractivity contribution in [1.82, 2.24) is 20.1 Å². The summed E-state index contributed by atoms with van der Waals surface area (Å²) in [7, 11) is 0. The molecule has 0 fully saturated rings. The highest BCUT2D eigenvalue weighted by atomic mass is 16.6. The standard InChI is InChI=1S/C19H23N5O2/c1-12(2)17(18-22-21-16-9-6-10-24(16)18)20-19(25)14-11-15(26-23-14)13-7-4-3-5-8-13/h3-5,7-8,12,15,17H,6,9-11H2,1-2H3,(H,20,25)/t15-,17+/m0/s1. The molecule has 1 amide bonds. The van der Waals surface area contributed by atoms with Crippen molar-refractivity contribution >= 4 is 11.6 Å². The highest BCUT2D eigenvalue weighted by Crippen LogP contribution is 2.28. The van der Waals surface area contributed by atoms with Crippen LogP contribution in [0.2, 0.25) is 0 Å². The van der Waals surface area contributed by atoms with Gasteiger partial charge in [-0.2, -0.15) is 0 Å². The Morgan fingerprint density at radius 2 is 2.08 bits per heavy atom. The number of fused-ring (bicyclic) bond motifs is 1. The number of carbonyl (C=O) groups is 1. The van der Waals surface area contributed by atoms with Gasteiger partial charge in [0.1, 0.15) is 11.5 Å². The number of nitrogens with zero attached hydrogens (tertiary/aromatic N) is 4. The van der Waals surface area contributed by atoms with Crippen molar-refractivity contribution in [3.63, 3.8) is 0 Å². The molecule has 136 valence electrons. The van der Waals surface area contributed by atoms with Crippen molar-refractivity contribution in [2.45, 2.75) is 51.8 Å². The molecule has 0 saturated carbocycles. The van der Waals surface area contributed by atoms with E-state index < -0.39 is 0 Å². The van der Waals surface area contributed by atoms with Crippen LogP contribution in [0.1, 0.15) is 56.0 Å². The van der Waals surface area contributed by atoms with Crippen LogP contribution in [0.4, 0.5) is 0 Å². The number of nitrogens with one attached hydrogen (secondary N) is 1. The number of hydrogen-bond acceptors (Lipinski definition) is 5. The van der Waals surface area contributed by atoms with Gasteiger partial charge in [-0.15, -0.1) is 10.2 Å². The van der Waals surface area contributed by atoms with E-state index in [0.717, 1.165) is 36.6 Å². The zero-order valence-electron chi connectivity index (χ0n) is 15.1. The van der Waals surface area contributed by atoms with Crippen LogP contribution in [0.15, 0.2) is 35.5 Å². The maximum absolute atomic E-state index is 12.8. The molecule has 0 saturated heterocycles. The summed E-state index contributed by atoms with van der Waals surface area (Å²) in [5.74, 6) is 1.84. The molecule has 1 aromatic heterocycles. The first-order valence-electron chi connectivity index (χ1n) is 9.14. The monoisotopic (exact) mass is 353 g/mol. The molecule has 2 atom stereocenters. The van der Waals surface area contributed by atoms with E-state index in [9.17, 15) is 4.79 Å². The molecule has 4 rings (SSSR count). The number of hydrogen-bond donors (Lipinski definition) is 1. The Morgan fingerprint density at radius 3 is 2.85 bits per heavy atom. The van der Waals surface area contributed by atoms with Crippen LogP contribution in [0.25, 0.3) is 0 Å². The Bertz CT molecular complexity index is 828. The van der Waals surface area contributed by atoms with Gasteiger partial charge in [0.15, 0.2) is 11.9 Å². The number of amides is 1. The lowest BCUT2D eigenvalue weighted by Crippen LogP contribution is -2.37. The van der Waals surface area contributed by atoms with Crippen molar-refractivity contribution in [2.24, 2.45) is 11.1 Å². The maximum Gasteiger partial charge on any atom is 0.269 e. The molecule has 7 nitrogen and oxygen atoms in total. The van der Waals surface area contributed by atoms with Crippen molar-refractivity contribution in [3.05, 3.63) is 47.5 Å². The van der Waals surface area contributed by atoms with E-state index in [0.29, 0.717) is 12.1 Å². The quantitative estimate of drug-likeness (QED) is 0.896. The largest absolute Gasteiger partial charge is 0.387 e. The van der Waals surface area contributed by atoms with Crippen LogP contribution in [0.3, 0.4) is 0 Å². The smallest absolute Gasteiger partial charge is 0.269 e. The summed E-state index contributed by atoms with van der Waals surface area (Å²) in [5, 5.41) is 15.7. The number of oxime groups is 1. The lowest BCUT2D eigenvalue weighted by Gasteiger charge is -2.21. The average Bonchev–Trinajstić information content (AvgIpc) is 3.37. The second kappa shape index (κ2) is 6.90. The molecule has 0 bridgehead atoms. The minimum Gasteiger partial charge on any atom is -0.387 e. The third-order valence-electron chi connectivity index (χ3n) is 4.97. The minimum atomic E-state index is -0.202. The lowest BCUT2D eigenvalue weighted by molar-refractivity contribution is -0.116. The van der Waals surface area contributed by atoms with Crippen molar-refractivity contribution in [2.75, 3.05) is 0 Å². The number of benzene rings is 1. The number of carbonyl (C=O) groups excluding carboxylic acids is 1. The van der Waals surface area contributed by atoms with Crippen molar-refractivity contribution in [3.8, 4) is 0 Å². The Hall–Kier alpha value is -2.70. The zero-order valence-corrected chi connectivity index (χ0v) is 15.1. The molecule has 0 spiro atoms. The van der Waals surface area contributed by atoms with E-state index in [1.807, 2.05) is 30.3 Å². The molecule has 1 N–H and O–H groups in total. The van der Waals surface area contributed by atoms with E-state index in [1.54, 1.807) is 0 Å². The SMILES string of the molecule is CC(C)[C@@H](NC(=O)C1=NO[C@H](c2ccccc2)C1)c1nnc2n1CCC2. The summed E-state index contributed by atoms with van der Waals surface area (Å²) < 4.78 is 2.13. The van der Waals surface area contributed by atoms with Gasteiger partial charge in [0.2, 0.25) is 0 Å². The fourth-order valence-electron chi connectivity index (χ4n) is 3.51. The van der Waals surface area contributed by atoms with Gasteiger partial charge in [-0.05, 0) is 17.9 Å². The Balaban J connectivity index is 1.46. The Labute approximate surface area is 152 Å². The minimum absolute atomic E-state index is 0.194. The molecule has 7 heteroatoms. The fraction of sp³-hybridized carbons (Fsp3) is 0.474. The highest BCUT2D eigenvalue weighted by molar-refractivity contribution is 6.39. The van der Waals surface area contributed by atoms with Crippen LogP contribution in [0.5, 0.6) is 0 Å². The molecule has 2 aliphatic rings. The molecule has 2 aromatic rings. The van der Waals surface area contributed by atoms with Gasteiger partial charge < -0.3 is 14.7 Å². The molecule has 2 aliphatic heterocycles. The summed E-state index contributed by atoms with van der Waals surface area (Å²) >= 11 is 0. The fourth-order valence-corrected chi connectivity index (χ4v) is 3.51. The molecule has 26 heavy (non-hydrogen) atoms. The van der Waals surface area contributed by atoms with Crippen molar-refractivity contribution < 1.29 is 9.63 Å². The van der Waals surface area contributed by atoms with E-state index in [2.05, 4.69) is 39.1 Å². The Morgan fingerprint density at radius 1 is 1.27 bits per heavy atom. The third-order valence-corrected chi connectivity index (χ3v) is 4.97. The molecular formula is C19H23N5O2. The third kappa shape index (κ3) is 3.09. The van der Waals surface area contributed by atoms with E-state index in [4.69, 9.17) is 4.84 Å². The number of aryl methyl sites for hydroxylation is 1. The molecule has 1 aromatic carbocycles. The molecule has 0 radical (unpaired) electrons. The van der Waals surface area contributed by atoms with Gasteiger partial charge in [-0.1, -0.05) is 49.3 Å². The van der Waals surface area contributed by atoms with Crippen LogP contribution >= 0.6 is 0 Å². The summed E-state index contributed by atoms with van der Waals surface area (Å²) in [6.45, 7) is 5.05. The first-order chi connectivity index (χ1) is 12.6. The van der Waals surface area contributed by atoms with Gasteiger partial charge in [0.25, 0.3) is 5.91 Å². The summed E-state index contributed by atoms with van der Waals surface area (Å²) in [4.78, 5) is 18.2. The van der Waals surface area contributed by atoms with Crippen LogP contribution in [-0.2, 0) is 22.6 Å². The van der Waals surface area contributed by atoms with Gasteiger partial charge in [-0.25, -0.2) is 0 Å². The lowest BCUT2D eigenvalue weighted by atomic mass is 10.0. The second-order valence-corrected chi connectivity index (χ2v) is 7.17. The highest BCUT2D eigenvalue weighted by Gasteiger charge is 2.32. The van der Waals surface area contributed by atoms with Crippen LogP contribution in [-0.4, -0.2) is 26.4 Å². The summed E-state index contributed by atoms with van der Waals surface area (Å²) in [5.41, 5.74) is 1.44. The predicted molar refractivity (Wildman–Crippen MR) is 96.4 cm³/mol. The number of aromatic nitrogens is 3. The van der Waals surface area contributed by atoms with E-state index in [-0.39, 0.29) is 24.0 Å². The predicted octanol–water partition coefficient (Wildman–Crippen LogP) is 2.56. The topological polar surface area (TPSA) is 81.4 Å². The number of rotatable bonds is 5. The molecular weight excluding hydrogens is 330 g/mol. The second-order valence-electron chi connectivity index (χ2n) is 7.17. The van der Waals surface area contributed by atoms with Crippen LogP contribution < -0.4 is 5.32 Å².